The monoisotopic (exact) mass is 415 g/mol. The largest absolute Gasteiger partial charge is 0.348 e. The van der Waals surface area contributed by atoms with Gasteiger partial charge in [0, 0.05) is 30.0 Å². The first-order chi connectivity index (χ1) is 15.0. The van der Waals surface area contributed by atoms with Crippen LogP contribution in [0.3, 0.4) is 0 Å². The maximum Gasteiger partial charge on any atom is 0.254 e. The lowest BCUT2D eigenvalue weighted by Gasteiger charge is -2.56. The molecule has 1 heterocycles. The summed E-state index contributed by atoms with van der Waals surface area (Å²) in [6.45, 7) is 0.329. The highest BCUT2D eigenvalue weighted by Crippen LogP contribution is 2.55. The van der Waals surface area contributed by atoms with Crippen LogP contribution in [-0.4, -0.2) is 27.3 Å². The molecular weight excluding hydrogens is 390 g/mol. The third-order valence-corrected chi connectivity index (χ3v) is 7.10. The molecule has 0 unspecified atom stereocenters. The number of nitrogens with one attached hydrogen (secondary N) is 2. The first-order valence-corrected chi connectivity index (χ1v) is 10.9. The number of rotatable bonds is 5. The highest BCUT2D eigenvalue weighted by Gasteiger charge is 2.51. The summed E-state index contributed by atoms with van der Waals surface area (Å²) in [7, 11) is 0. The Bertz CT molecular complexity index is 1000. The van der Waals surface area contributed by atoms with Crippen molar-refractivity contribution in [2.24, 2.45) is 17.8 Å². The van der Waals surface area contributed by atoms with Crippen molar-refractivity contribution >= 4 is 11.8 Å². The molecule has 0 radical (unpaired) electrons. The second-order valence-electron chi connectivity index (χ2n) is 9.44. The summed E-state index contributed by atoms with van der Waals surface area (Å²) in [5.41, 5.74) is 1.85. The molecule has 1 aromatic heterocycles. The van der Waals surface area contributed by atoms with Crippen LogP contribution in [0.25, 0.3) is 0 Å². The predicted octanol–water partition coefficient (Wildman–Crippen LogP) is 2.98. The minimum Gasteiger partial charge on any atom is -0.348 e. The van der Waals surface area contributed by atoms with E-state index in [1.807, 2.05) is 30.3 Å². The summed E-state index contributed by atoms with van der Waals surface area (Å²) < 4.78 is 0. The van der Waals surface area contributed by atoms with E-state index in [2.05, 4.69) is 20.6 Å². The number of hydrogen-bond donors (Lipinski definition) is 2. The summed E-state index contributed by atoms with van der Waals surface area (Å²) in [6.07, 6.45) is 10.1. The number of aromatic nitrogens is 2. The molecule has 0 saturated heterocycles. The van der Waals surface area contributed by atoms with Crippen LogP contribution >= 0.6 is 0 Å². The molecule has 7 nitrogen and oxygen atoms in total. The molecule has 1 aromatic carbocycles. The SMILES string of the molecule is N#Cc1ncc(C(=O)NCc2ccc(C(=O)NC34CC5CC(CC(C5)C3)C4)cc2)cn1. The maximum atomic E-state index is 12.9. The molecule has 0 spiro atoms. The molecule has 4 aliphatic carbocycles. The molecule has 2 aromatic rings. The quantitative estimate of drug-likeness (QED) is 0.781. The second-order valence-corrected chi connectivity index (χ2v) is 9.44. The third kappa shape index (κ3) is 4.02. The van der Waals surface area contributed by atoms with Crippen molar-refractivity contribution in [3.63, 3.8) is 0 Å². The maximum absolute atomic E-state index is 12.9. The van der Waals surface area contributed by atoms with Crippen molar-refractivity contribution in [2.75, 3.05) is 0 Å². The minimum absolute atomic E-state index is 0.00163. The Hall–Kier alpha value is -3.27. The van der Waals surface area contributed by atoms with E-state index in [0.717, 1.165) is 42.6 Å². The van der Waals surface area contributed by atoms with E-state index in [4.69, 9.17) is 5.26 Å². The summed E-state index contributed by atoms with van der Waals surface area (Å²) in [4.78, 5) is 32.7. The lowest BCUT2D eigenvalue weighted by molar-refractivity contribution is -0.0167. The Morgan fingerprint density at radius 2 is 1.52 bits per heavy atom. The van der Waals surface area contributed by atoms with Gasteiger partial charge in [0.05, 0.1) is 5.56 Å². The summed E-state index contributed by atoms with van der Waals surface area (Å²) in [5, 5.41) is 14.9. The van der Waals surface area contributed by atoms with Gasteiger partial charge in [0.15, 0.2) is 0 Å². The smallest absolute Gasteiger partial charge is 0.254 e. The minimum atomic E-state index is -0.312. The van der Waals surface area contributed by atoms with Gasteiger partial charge in [0.1, 0.15) is 6.07 Å². The van der Waals surface area contributed by atoms with Crippen LogP contribution in [0.2, 0.25) is 0 Å². The summed E-state index contributed by atoms with van der Waals surface area (Å²) in [6, 6.07) is 9.19. The number of nitriles is 1. The van der Waals surface area contributed by atoms with E-state index < -0.39 is 0 Å². The molecule has 7 heteroatoms. The van der Waals surface area contributed by atoms with Gasteiger partial charge >= 0.3 is 0 Å². The van der Waals surface area contributed by atoms with Gasteiger partial charge in [-0.2, -0.15) is 5.26 Å². The molecule has 2 N–H and O–H groups in total. The Balaban J connectivity index is 1.18. The first-order valence-electron chi connectivity index (χ1n) is 10.9. The fraction of sp³-hybridized carbons (Fsp3) is 0.458. The highest BCUT2D eigenvalue weighted by atomic mass is 16.2. The Kier molecular flexibility index (Phi) is 4.93. The van der Waals surface area contributed by atoms with Crippen LogP contribution < -0.4 is 10.6 Å². The molecule has 4 aliphatic rings. The second kappa shape index (κ2) is 7.77. The van der Waals surface area contributed by atoms with Gasteiger partial charge in [0.2, 0.25) is 5.82 Å². The number of benzene rings is 1. The average Bonchev–Trinajstić information content (AvgIpc) is 2.76. The van der Waals surface area contributed by atoms with E-state index in [1.54, 1.807) is 0 Å². The van der Waals surface area contributed by atoms with Crippen LogP contribution in [0.15, 0.2) is 36.7 Å². The lowest BCUT2D eigenvalue weighted by atomic mass is 9.53. The number of carbonyl (C=O) groups is 2. The molecule has 4 fully saturated rings. The van der Waals surface area contributed by atoms with Crippen LogP contribution in [-0.2, 0) is 6.54 Å². The molecule has 4 saturated carbocycles. The number of carbonyl (C=O) groups excluding carboxylic acids is 2. The number of amides is 2. The van der Waals surface area contributed by atoms with Crippen molar-refractivity contribution in [3.8, 4) is 6.07 Å². The van der Waals surface area contributed by atoms with Crippen molar-refractivity contribution < 1.29 is 9.59 Å². The zero-order valence-corrected chi connectivity index (χ0v) is 17.3. The molecular formula is C24H25N5O2. The topological polar surface area (TPSA) is 108 Å². The van der Waals surface area contributed by atoms with Gasteiger partial charge in [-0.05, 0) is 74.0 Å². The van der Waals surface area contributed by atoms with Crippen molar-refractivity contribution in [1.82, 2.24) is 20.6 Å². The average molecular weight is 415 g/mol. The third-order valence-electron chi connectivity index (χ3n) is 7.10. The Morgan fingerprint density at radius 1 is 0.935 bits per heavy atom. The van der Waals surface area contributed by atoms with E-state index in [9.17, 15) is 9.59 Å². The zero-order valence-electron chi connectivity index (χ0n) is 17.3. The van der Waals surface area contributed by atoms with Gasteiger partial charge in [-0.3, -0.25) is 9.59 Å². The van der Waals surface area contributed by atoms with Gasteiger partial charge < -0.3 is 10.6 Å². The van der Waals surface area contributed by atoms with Crippen molar-refractivity contribution in [2.45, 2.75) is 50.6 Å². The fourth-order valence-corrected chi connectivity index (χ4v) is 6.14. The van der Waals surface area contributed by atoms with Crippen LogP contribution in [0.4, 0.5) is 0 Å². The van der Waals surface area contributed by atoms with E-state index >= 15 is 0 Å². The Morgan fingerprint density at radius 3 is 2.06 bits per heavy atom. The van der Waals surface area contributed by atoms with E-state index in [1.165, 1.54) is 31.7 Å². The molecule has 0 atom stereocenters. The molecule has 158 valence electrons. The van der Waals surface area contributed by atoms with Gasteiger partial charge in [-0.1, -0.05) is 12.1 Å². The summed E-state index contributed by atoms with van der Waals surface area (Å²) in [5.74, 6) is 2.09. The van der Waals surface area contributed by atoms with Gasteiger partial charge in [0.25, 0.3) is 11.8 Å². The molecule has 2 amide bonds. The zero-order chi connectivity index (χ0) is 21.4. The molecule has 6 rings (SSSR count). The van der Waals surface area contributed by atoms with Crippen LogP contribution in [0.5, 0.6) is 0 Å². The summed E-state index contributed by atoms with van der Waals surface area (Å²) >= 11 is 0. The Labute approximate surface area is 181 Å². The van der Waals surface area contributed by atoms with Crippen LogP contribution in [0.1, 0.15) is 70.6 Å². The number of nitrogens with zero attached hydrogens (tertiary/aromatic N) is 3. The predicted molar refractivity (Wildman–Crippen MR) is 113 cm³/mol. The highest BCUT2D eigenvalue weighted by molar-refractivity contribution is 5.95. The molecule has 0 aliphatic heterocycles. The lowest BCUT2D eigenvalue weighted by Crippen LogP contribution is -2.59. The van der Waals surface area contributed by atoms with E-state index in [-0.39, 0.29) is 23.2 Å². The molecule has 31 heavy (non-hydrogen) atoms. The fourth-order valence-electron chi connectivity index (χ4n) is 6.14. The molecule has 4 bridgehead atoms. The van der Waals surface area contributed by atoms with Crippen molar-refractivity contribution in [1.29, 1.82) is 5.26 Å². The van der Waals surface area contributed by atoms with Crippen LogP contribution in [0, 0.1) is 29.1 Å². The number of hydrogen-bond acceptors (Lipinski definition) is 5. The van der Waals surface area contributed by atoms with Crippen molar-refractivity contribution in [3.05, 3.63) is 59.2 Å². The van der Waals surface area contributed by atoms with Gasteiger partial charge in [-0.15, -0.1) is 0 Å². The standard InChI is InChI=1S/C24H25N5O2/c25-11-21-26-13-20(14-27-21)22(30)28-12-15-1-3-19(4-2-15)23(31)29-24-8-16-5-17(9-24)7-18(6-16)10-24/h1-4,13-14,16-18H,5-10,12H2,(H,28,30)(H,29,31). The first kappa shape index (κ1) is 19.7. The van der Waals surface area contributed by atoms with Gasteiger partial charge in [-0.25, -0.2) is 9.97 Å². The normalized spacial score (nSPS) is 28.0. The van der Waals surface area contributed by atoms with E-state index in [0.29, 0.717) is 17.7 Å².